The topological polar surface area (TPSA) is 47.0 Å². The number of rotatable bonds is 7. The molecule has 0 fully saturated rings. The fourth-order valence-corrected chi connectivity index (χ4v) is 3.49. The van der Waals surface area contributed by atoms with Crippen LogP contribution in [0.1, 0.15) is 24.0 Å². The van der Waals surface area contributed by atoms with Gasteiger partial charge in [-0.05, 0) is 13.3 Å². The minimum Gasteiger partial charge on any atom is -0.384 e. The summed E-state index contributed by atoms with van der Waals surface area (Å²) in [5, 5.41) is 7.52. The summed E-state index contributed by atoms with van der Waals surface area (Å²) < 4.78 is 5.09. The summed E-state index contributed by atoms with van der Waals surface area (Å²) in [6.45, 7) is 5.87. The van der Waals surface area contributed by atoms with Gasteiger partial charge in [-0.2, -0.15) is 0 Å². The quantitative estimate of drug-likeness (QED) is 0.848. The van der Waals surface area contributed by atoms with E-state index in [9.17, 15) is 0 Å². The van der Waals surface area contributed by atoms with E-state index in [0.717, 1.165) is 40.9 Å². The van der Waals surface area contributed by atoms with Crippen LogP contribution < -0.4 is 5.32 Å². The molecule has 2 rings (SSSR count). The van der Waals surface area contributed by atoms with Gasteiger partial charge in [0.25, 0.3) is 0 Å². The summed E-state index contributed by atoms with van der Waals surface area (Å²) in [7, 11) is 1.72. The molecule has 0 aliphatic heterocycles. The Labute approximate surface area is 121 Å². The van der Waals surface area contributed by atoms with Crippen LogP contribution in [0.25, 0.3) is 10.6 Å². The van der Waals surface area contributed by atoms with E-state index < -0.39 is 0 Å². The first kappa shape index (κ1) is 14.4. The molecule has 0 atom stereocenters. The summed E-state index contributed by atoms with van der Waals surface area (Å²) in [6, 6.07) is 0. The summed E-state index contributed by atoms with van der Waals surface area (Å²) >= 11 is 3.37. The lowest BCUT2D eigenvalue weighted by Crippen LogP contribution is -1.98. The standard InChI is InChI=1S/C13H19N3OS2/c1-4-6-14-13-16-10(8-18-13)12-9(2)15-11(19-12)5-7-17-3/h8H,4-7H2,1-3H3,(H,14,16). The van der Waals surface area contributed by atoms with E-state index >= 15 is 0 Å². The molecule has 0 aliphatic rings. The van der Waals surface area contributed by atoms with Gasteiger partial charge in [0.05, 0.1) is 27.9 Å². The molecule has 0 saturated carbocycles. The summed E-state index contributed by atoms with van der Waals surface area (Å²) in [6.07, 6.45) is 1.97. The van der Waals surface area contributed by atoms with Crippen molar-refractivity contribution >= 4 is 27.8 Å². The molecule has 0 aliphatic carbocycles. The maximum Gasteiger partial charge on any atom is 0.183 e. The van der Waals surface area contributed by atoms with Crippen LogP contribution >= 0.6 is 22.7 Å². The fraction of sp³-hybridized carbons (Fsp3) is 0.538. The molecular formula is C13H19N3OS2. The molecule has 1 N–H and O–H groups in total. The number of nitrogens with zero attached hydrogens (tertiary/aromatic N) is 2. The summed E-state index contributed by atoms with van der Waals surface area (Å²) in [4.78, 5) is 10.4. The molecule has 0 aromatic carbocycles. The average molecular weight is 297 g/mol. The van der Waals surface area contributed by atoms with Crippen molar-refractivity contribution in [3.8, 4) is 10.6 Å². The molecule has 4 nitrogen and oxygen atoms in total. The van der Waals surface area contributed by atoms with E-state index in [0.29, 0.717) is 6.61 Å². The van der Waals surface area contributed by atoms with Crippen LogP contribution in [0.15, 0.2) is 5.38 Å². The Morgan fingerprint density at radius 1 is 1.37 bits per heavy atom. The molecule has 0 spiro atoms. The Balaban J connectivity index is 2.12. The number of nitrogens with one attached hydrogen (secondary N) is 1. The number of anilines is 1. The van der Waals surface area contributed by atoms with Gasteiger partial charge in [-0.1, -0.05) is 6.92 Å². The Kier molecular flexibility index (Phi) is 5.30. The van der Waals surface area contributed by atoms with Gasteiger partial charge in [0.1, 0.15) is 0 Å². The van der Waals surface area contributed by atoms with Crippen molar-refractivity contribution < 1.29 is 4.74 Å². The van der Waals surface area contributed by atoms with Crippen LogP contribution in [-0.2, 0) is 11.2 Å². The lowest BCUT2D eigenvalue weighted by atomic mass is 10.3. The number of hydrogen-bond donors (Lipinski definition) is 1. The van der Waals surface area contributed by atoms with Gasteiger partial charge in [-0.25, -0.2) is 9.97 Å². The Morgan fingerprint density at radius 2 is 2.21 bits per heavy atom. The third kappa shape index (κ3) is 3.75. The van der Waals surface area contributed by atoms with Gasteiger partial charge in [-0.3, -0.25) is 0 Å². The van der Waals surface area contributed by atoms with E-state index in [1.54, 1.807) is 29.8 Å². The average Bonchev–Trinajstić information content (AvgIpc) is 3.00. The van der Waals surface area contributed by atoms with Gasteiger partial charge in [-0.15, -0.1) is 22.7 Å². The smallest absolute Gasteiger partial charge is 0.183 e. The molecule has 2 heterocycles. The van der Waals surface area contributed by atoms with Gasteiger partial charge in [0.2, 0.25) is 0 Å². The van der Waals surface area contributed by atoms with E-state index in [-0.39, 0.29) is 0 Å². The Morgan fingerprint density at radius 3 is 2.95 bits per heavy atom. The third-order valence-electron chi connectivity index (χ3n) is 2.62. The first-order chi connectivity index (χ1) is 9.24. The van der Waals surface area contributed by atoms with Crippen LogP contribution in [0.2, 0.25) is 0 Å². The SMILES string of the molecule is CCCNc1nc(-c2sc(CCOC)nc2C)cs1. The predicted molar refractivity (Wildman–Crippen MR) is 82.3 cm³/mol. The molecule has 19 heavy (non-hydrogen) atoms. The van der Waals surface area contributed by atoms with Gasteiger partial charge in [0, 0.05) is 25.5 Å². The maximum absolute atomic E-state index is 5.09. The zero-order valence-corrected chi connectivity index (χ0v) is 13.2. The van der Waals surface area contributed by atoms with E-state index in [4.69, 9.17) is 4.74 Å². The van der Waals surface area contributed by atoms with Crippen LogP contribution in [0.4, 0.5) is 5.13 Å². The molecule has 0 radical (unpaired) electrons. The van der Waals surface area contributed by atoms with Crippen LogP contribution in [0.3, 0.4) is 0 Å². The highest BCUT2D eigenvalue weighted by atomic mass is 32.1. The van der Waals surface area contributed by atoms with Crippen molar-refractivity contribution in [2.75, 3.05) is 25.6 Å². The highest BCUT2D eigenvalue weighted by molar-refractivity contribution is 7.16. The van der Waals surface area contributed by atoms with E-state index in [1.165, 1.54) is 4.88 Å². The van der Waals surface area contributed by atoms with Gasteiger partial charge in [0.15, 0.2) is 5.13 Å². The Hall–Kier alpha value is -0.980. The van der Waals surface area contributed by atoms with Crippen molar-refractivity contribution in [2.24, 2.45) is 0 Å². The minimum atomic E-state index is 0.715. The predicted octanol–water partition coefficient (Wildman–Crippen LogP) is 3.59. The maximum atomic E-state index is 5.09. The monoisotopic (exact) mass is 297 g/mol. The number of aryl methyl sites for hydroxylation is 1. The molecule has 6 heteroatoms. The van der Waals surface area contributed by atoms with Crippen molar-refractivity contribution in [1.29, 1.82) is 0 Å². The highest BCUT2D eigenvalue weighted by Crippen LogP contribution is 2.32. The second-order valence-electron chi connectivity index (χ2n) is 4.23. The normalized spacial score (nSPS) is 10.9. The number of ether oxygens (including phenoxy) is 1. The molecule has 2 aromatic rings. The second-order valence-corrected chi connectivity index (χ2v) is 6.17. The van der Waals surface area contributed by atoms with Crippen LogP contribution in [0.5, 0.6) is 0 Å². The molecule has 0 bridgehead atoms. The Bertz CT molecular complexity index is 522. The van der Waals surface area contributed by atoms with E-state index in [2.05, 4.69) is 27.6 Å². The van der Waals surface area contributed by atoms with Gasteiger partial charge < -0.3 is 10.1 Å². The second kappa shape index (κ2) is 6.98. The third-order valence-corrected chi connectivity index (χ3v) is 4.66. The lowest BCUT2D eigenvalue weighted by Gasteiger charge is -1.97. The largest absolute Gasteiger partial charge is 0.384 e. The molecule has 2 aromatic heterocycles. The van der Waals surface area contributed by atoms with Crippen molar-refractivity contribution in [3.05, 3.63) is 16.1 Å². The van der Waals surface area contributed by atoms with Crippen molar-refractivity contribution in [2.45, 2.75) is 26.7 Å². The molecule has 104 valence electrons. The minimum absolute atomic E-state index is 0.715. The zero-order chi connectivity index (χ0) is 13.7. The van der Waals surface area contributed by atoms with Crippen molar-refractivity contribution in [3.63, 3.8) is 0 Å². The summed E-state index contributed by atoms with van der Waals surface area (Å²) in [5.41, 5.74) is 2.09. The number of aromatic nitrogens is 2. The molecule has 0 unspecified atom stereocenters. The highest BCUT2D eigenvalue weighted by Gasteiger charge is 2.12. The van der Waals surface area contributed by atoms with E-state index in [1.807, 2.05) is 6.92 Å². The fourth-order valence-electron chi connectivity index (χ4n) is 1.68. The number of hydrogen-bond acceptors (Lipinski definition) is 6. The first-order valence-electron chi connectivity index (χ1n) is 6.39. The first-order valence-corrected chi connectivity index (χ1v) is 8.09. The van der Waals surface area contributed by atoms with Gasteiger partial charge >= 0.3 is 0 Å². The van der Waals surface area contributed by atoms with Crippen molar-refractivity contribution in [1.82, 2.24) is 9.97 Å². The van der Waals surface area contributed by atoms with Crippen LogP contribution in [-0.4, -0.2) is 30.2 Å². The molecule has 0 saturated heterocycles. The lowest BCUT2D eigenvalue weighted by molar-refractivity contribution is 0.202. The molecule has 0 amide bonds. The zero-order valence-electron chi connectivity index (χ0n) is 11.5. The molecular weight excluding hydrogens is 278 g/mol. The summed E-state index contributed by atoms with van der Waals surface area (Å²) in [5.74, 6) is 0. The number of methoxy groups -OCH3 is 1. The number of thiazole rings is 2. The van der Waals surface area contributed by atoms with Crippen LogP contribution in [0, 0.1) is 6.92 Å².